The number of rotatable bonds is 7. The molecule has 0 spiro atoms. The van der Waals surface area contributed by atoms with Crippen molar-refractivity contribution in [2.24, 2.45) is 11.8 Å². The van der Waals surface area contributed by atoms with Crippen molar-refractivity contribution in [2.45, 2.75) is 58.3 Å². The summed E-state index contributed by atoms with van der Waals surface area (Å²) in [5.74, 6) is 1.68. The van der Waals surface area contributed by atoms with Gasteiger partial charge in [0, 0.05) is 0 Å². The molecule has 0 unspecified atom stereocenters. The molecule has 0 saturated heterocycles. The van der Waals surface area contributed by atoms with Crippen LogP contribution >= 0.6 is 27.3 Å². The normalized spacial score (nSPS) is 23.5. The average Bonchev–Trinajstić information content (AvgIpc) is 2.84. The van der Waals surface area contributed by atoms with E-state index in [0.29, 0.717) is 11.1 Å². The lowest BCUT2D eigenvalue weighted by Crippen LogP contribution is -2.20. The number of ether oxygens (including phenoxy) is 1. The monoisotopic (exact) mass is 346 g/mol. The third-order valence-corrected chi connectivity index (χ3v) is 5.27. The van der Waals surface area contributed by atoms with Crippen molar-refractivity contribution in [1.29, 1.82) is 0 Å². The van der Waals surface area contributed by atoms with Crippen LogP contribution in [0.1, 0.15) is 58.3 Å². The van der Waals surface area contributed by atoms with Gasteiger partial charge < -0.3 is 4.74 Å². The van der Waals surface area contributed by atoms with Gasteiger partial charge in [-0.3, -0.25) is 0 Å². The highest BCUT2D eigenvalue weighted by atomic mass is 79.9. The van der Waals surface area contributed by atoms with E-state index < -0.39 is 0 Å². The lowest BCUT2D eigenvalue weighted by Gasteiger charge is -2.28. The molecule has 1 aliphatic carbocycles. The number of hydrogen-bond acceptors (Lipinski definition) is 4. The highest BCUT2D eigenvalue weighted by Gasteiger charge is 2.21. The second-order valence-electron chi connectivity index (χ2n) is 5.51. The summed E-state index contributed by atoms with van der Waals surface area (Å²) in [5.41, 5.74) is 0. The molecule has 1 aromatic heterocycles. The lowest BCUT2D eigenvalue weighted by molar-refractivity contribution is 0.176. The standard InChI is InChI=1S/C14H23BrN2OS/c1-2-3-4-5-11-6-8-12(9-7-11)10-18-14-17-16-13(15)19-14/h11-12H,2-10H2,1H3. The number of halogens is 1. The van der Waals surface area contributed by atoms with E-state index in [2.05, 4.69) is 33.1 Å². The Morgan fingerprint density at radius 1 is 1.16 bits per heavy atom. The van der Waals surface area contributed by atoms with E-state index in [0.717, 1.165) is 16.4 Å². The van der Waals surface area contributed by atoms with Gasteiger partial charge in [-0.2, -0.15) is 0 Å². The summed E-state index contributed by atoms with van der Waals surface area (Å²) in [5, 5.41) is 8.55. The molecule has 1 aromatic rings. The molecule has 1 heterocycles. The number of aromatic nitrogens is 2. The Kier molecular flexibility index (Phi) is 6.57. The highest BCUT2D eigenvalue weighted by Crippen LogP contribution is 2.32. The van der Waals surface area contributed by atoms with Crippen molar-refractivity contribution in [3.05, 3.63) is 3.92 Å². The Morgan fingerprint density at radius 3 is 2.53 bits per heavy atom. The lowest BCUT2D eigenvalue weighted by atomic mass is 9.80. The molecule has 0 radical (unpaired) electrons. The summed E-state index contributed by atoms with van der Waals surface area (Å²) in [6.07, 6.45) is 11.0. The fraction of sp³-hybridized carbons (Fsp3) is 0.857. The minimum atomic E-state index is 0.692. The molecule has 0 amide bonds. The average molecular weight is 347 g/mol. The summed E-state index contributed by atoms with van der Waals surface area (Å²) in [7, 11) is 0. The fourth-order valence-electron chi connectivity index (χ4n) is 2.81. The highest BCUT2D eigenvalue weighted by molar-refractivity contribution is 9.11. The third-order valence-electron chi connectivity index (χ3n) is 4.01. The van der Waals surface area contributed by atoms with Crippen molar-refractivity contribution in [1.82, 2.24) is 10.2 Å². The molecular weight excluding hydrogens is 324 g/mol. The minimum absolute atomic E-state index is 0.692. The predicted molar refractivity (Wildman–Crippen MR) is 82.7 cm³/mol. The fourth-order valence-corrected chi connectivity index (χ4v) is 3.74. The maximum absolute atomic E-state index is 5.71. The molecule has 19 heavy (non-hydrogen) atoms. The molecule has 3 nitrogen and oxygen atoms in total. The summed E-state index contributed by atoms with van der Waals surface area (Å²) < 4.78 is 6.51. The molecule has 1 saturated carbocycles. The second-order valence-corrected chi connectivity index (χ2v) is 7.73. The van der Waals surface area contributed by atoms with E-state index in [1.54, 1.807) is 0 Å². The van der Waals surface area contributed by atoms with Crippen LogP contribution in [0.3, 0.4) is 0 Å². The molecule has 0 aliphatic heterocycles. The second kappa shape index (κ2) is 8.20. The predicted octanol–water partition coefficient (Wildman–Crippen LogP) is 5.07. The van der Waals surface area contributed by atoms with Crippen LogP contribution in [-0.4, -0.2) is 16.8 Å². The first-order valence-corrected chi connectivity index (χ1v) is 9.00. The maximum Gasteiger partial charge on any atom is 0.294 e. The topological polar surface area (TPSA) is 35.0 Å². The molecule has 0 N–H and O–H groups in total. The Morgan fingerprint density at radius 2 is 1.89 bits per heavy atom. The van der Waals surface area contributed by atoms with Gasteiger partial charge in [0.25, 0.3) is 5.19 Å². The molecule has 0 atom stereocenters. The Hall–Kier alpha value is -0.160. The van der Waals surface area contributed by atoms with Crippen LogP contribution in [0.4, 0.5) is 0 Å². The maximum atomic E-state index is 5.71. The molecule has 5 heteroatoms. The zero-order valence-corrected chi connectivity index (χ0v) is 14.0. The molecule has 2 rings (SSSR count). The van der Waals surface area contributed by atoms with Gasteiger partial charge in [0.1, 0.15) is 0 Å². The zero-order chi connectivity index (χ0) is 13.5. The summed E-state index contributed by atoms with van der Waals surface area (Å²) >= 11 is 4.76. The van der Waals surface area contributed by atoms with Crippen LogP contribution in [0.15, 0.2) is 3.92 Å². The Bertz CT molecular complexity index is 364. The molecule has 108 valence electrons. The van der Waals surface area contributed by atoms with Crippen LogP contribution in [0.5, 0.6) is 5.19 Å². The van der Waals surface area contributed by atoms with E-state index >= 15 is 0 Å². The van der Waals surface area contributed by atoms with Crippen LogP contribution in [0.2, 0.25) is 0 Å². The first-order chi connectivity index (χ1) is 9.28. The molecule has 0 aromatic carbocycles. The Labute approximate surface area is 128 Å². The van der Waals surface area contributed by atoms with E-state index in [4.69, 9.17) is 4.74 Å². The van der Waals surface area contributed by atoms with Crippen LogP contribution in [0, 0.1) is 11.8 Å². The zero-order valence-electron chi connectivity index (χ0n) is 11.6. The molecule has 0 bridgehead atoms. The van der Waals surface area contributed by atoms with E-state index in [1.807, 2.05) is 0 Å². The van der Waals surface area contributed by atoms with Crippen molar-refractivity contribution >= 4 is 27.3 Å². The summed E-state index contributed by atoms with van der Waals surface area (Å²) in [4.78, 5) is 0. The van der Waals surface area contributed by atoms with Gasteiger partial charge in [-0.15, -0.1) is 5.10 Å². The van der Waals surface area contributed by atoms with Gasteiger partial charge in [0.15, 0.2) is 3.92 Å². The van der Waals surface area contributed by atoms with Gasteiger partial charge in [0.05, 0.1) is 6.61 Å². The first kappa shape index (κ1) is 15.2. The smallest absolute Gasteiger partial charge is 0.294 e. The van der Waals surface area contributed by atoms with Crippen molar-refractivity contribution < 1.29 is 4.74 Å². The van der Waals surface area contributed by atoms with Crippen LogP contribution < -0.4 is 4.74 Å². The molecular formula is C14H23BrN2OS. The van der Waals surface area contributed by atoms with Crippen molar-refractivity contribution in [3.8, 4) is 5.19 Å². The minimum Gasteiger partial charge on any atom is -0.469 e. The van der Waals surface area contributed by atoms with Gasteiger partial charge in [-0.1, -0.05) is 50.5 Å². The van der Waals surface area contributed by atoms with Gasteiger partial charge >= 0.3 is 0 Å². The van der Waals surface area contributed by atoms with Crippen molar-refractivity contribution in [3.63, 3.8) is 0 Å². The number of nitrogens with zero attached hydrogens (tertiary/aromatic N) is 2. The summed E-state index contributed by atoms with van der Waals surface area (Å²) in [6, 6.07) is 0. The van der Waals surface area contributed by atoms with E-state index in [-0.39, 0.29) is 0 Å². The van der Waals surface area contributed by atoms with Crippen LogP contribution in [-0.2, 0) is 0 Å². The molecule has 1 aliphatic rings. The van der Waals surface area contributed by atoms with Crippen molar-refractivity contribution in [2.75, 3.05) is 6.61 Å². The van der Waals surface area contributed by atoms with E-state index in [9.17, 15) is 0 Å². The quantitative estimate of drug-likeness (QED) is 0.646. The number of unbranched alkanes of at least 4 members (excludes halogenated alkanes) is 2. The van der Waals surface area contributed by atoms with Gasteiger partial charge in [0.2, 0.25) is 0 Å². The van der Waals surface area contributed by atoms with Gasteiger partial charge in [-0.25, -0.2) is 0 Å². The SMILES string of the molecule is CCCCCC1CCC(COc2nnc(Br)s2)CC1. The largest absolute Gasteiger partial charge is 0.469 e. The van der Waals surface area contributed by atoms with Gasteiger partial charge in [-0.05, 0) is 51.9 Å². The summed E-state index contributed by atoms with van der Waals surface area (Å²) in [6.45, 7) is 3.09. The third kappa shape index (κ3) is 5.38. The Balaban J connectivity index is 1.60. The molecule has 1 fully saturated rings. The first-order valence-electron chi connectivity index (χ1n) is 7.39. The van der Waals surface area contributed by atoms with Crippen LogP contribution in [0.25, 0.3) is 0 Å². The van der Waals surface area contributed by atoms with E-state index in [1.165, 1.54) is 62.7 Å². The number of hydrogen-bond donors (Lipinski definition) is 0.